The van der Waals surface area contributed by atoms with Crippen LogP contribution in [0.5, 0.6) is 0 Å². The van der Waals surface area contributed by atoms with E-state index in [1.807, 2.05) is 0 Å². The van der Waals surface area contributed by atoms with Gasteiger partial charge in [-0.25, -0.2) is 4.79 Å². The molecule has 0 aliphatic carbocycles. The first-order valence-electron chi connectivity index (χ1n) is 5.54. The van der Waals surface area contributed by atoms with Gasteiger partial charge in [0.1, 0.15) is 6.04 Å². The molecule has 1 fully saturated rings. The average Bonchev–Trinajstić information content (AvgIpc) is 2.70. The van der Waals surface area contributed by atoms with E-state index < -0.39 is 18.0 Å². The summed E-state index contributed by atoms with van der Waals surface area (Å²) in [5.74, 6) is 0.279. The lowest BCUT2D eigenvalue weighted by molar-refractivity contribution is -0.149. The van der Waals surface area contributed by atoms with Crippen LogP contribution < -0.4 is 0 Å². The van der Waals surface area contributed by atoms with E-state index in [0.29, 0.717) is 0 Å². The number of methoxy groups -OCH3 is 1. The number of likely N-dealkylation sites (tertiary alicyclic amines) is 1. The van der Waals surface area contributed by atoms with Crippen molar-refractivity contribution in [2.75, 3.05) is 13.7 Å². The number of hydrogen-bond acceptors (Lipinski definition) is 4. The van der Waals surface area contributed by atoms with Crippen molar-refractivity contribution in [2.45, 2.75) is 25.3 Å². The van der Waals surface area contributed by atoms with Crippen molar-refractivity contribution in [3.63, 3.8) is 0 Å². The lowest BCUT2D eigenvalue weighted by Gasteiger charge is -2.23. The van der Waals surface area contributed by atoms with E-state index in [1.54, 1.807) is 0 Å². The monoisotopic (exact) mass is 253 g/mol. The molecule has 0 aromatic heterocycles. The molecule has 1 N–H and O–H groups in total. The zero-order chi connectivity index (χ0) is 13.7. The van der Waals surface area contributed by atoms with Gasteiger partial charge in [0.25, 0.3) is 0 Å². The summed E-state index contributed by atoms with van der Waals surface area (Å²) in [5.41, 5.74) is 0. The van der Waals surface area contributed by atoms with Crippen LogP contribution in [0.2, 0.25) is 0 Å². The standard InChI is InChI=1S/C12H15NO5/c1-3-8-6-10(14)13(7-8)9(12(16)17)4-5-11(15)18-2/h1,8-9H,4-7H2,2H3,(H,16,17)/t8?,9-/m0/s1. The molecule has 2 atom stereocenters. The second kappa shape index (κ2) is 6.05. The molecule has 0 aromatic carbocycles. The summed E-state index contributed by atoms with van der Waals surface area (Å²) in [7, 11) is 1.23. The van der Waals surface area contributed by atoms with Crippen LogP contribution in [0.25, 0.3) is 0 Å². The summed E-state index contributed by atoms with van der Waals surface area (Å²) in [6.45, 7) is 0.230. The van der Waals surface area contributed by atoms with Crippen molar-refractivity contribution in [3.05, 3.63) is 0 Å². The van der Waals surface area contributed by atoms with E-state index >= 15 is 0 Å². The number of terminal acetylenes is 1. The lowest BCUT2D eigenvalue weighted by Crippen LogP contribution is -2.42. The number of carboxylic acids is 1. The SMILES string of the molecule is C#CC1CC(=O)N([C@@H](CCC(=O)OC)C(=O)O)C1. The predicted molar refractivity (Wildman–Crippen MR) is 61.3 cm³/mol. The number of amides is 1. The molecule has 1 aliphatic heterocycles. The van der Waals surface area contributed by atoms with Gasteiger partial charge in [-0.3, -0.25) is 9.59 Å². The maximum absolute atomic E-state index is 11.7. The molecule has 1 rings (SSSR count). The first kappa shape index (κ1) is 14.0. The minimum absolute atomic E-state index is 0.0328. The van der Waals surface area contributed by atoms with E-state index in [9.17, 15) is 14.4 Å². The van der Waals surface area contributed by atoms with Gasteiger partial charge in [0.05, 0.1) is 7.11 Å². The van der Waals surface area contributed by atoms with Gasteiger partial charge in [-0.1, -0.05) is 0 Å². The second-order valence-corrected chi connectivity index (χ2v) is 4.08. The number of ether oxygens (including phenoxy) is 1. The third-order valence-electron chi connectivity index (χ3n) is 2.91. The van der Waals surface area contributed by atoms with Gasteiger partial charge in [-0.2, -0.15) is 0 Å². The van der Waals surface area contributed by atoms with Crippen LogP contribution in [0.15, 0.2) is 0 Å². The van der Waals surface area contributed by atoms with E-state index in [1.165, 1.54) is 12.0 Å². The number of nitrogens with zero attached hydrogens (tertiary/aromatic N) is 1. The molecule has 0 aromatic rings. The van der Waals surface area contributed by atoms with Crippen molar-refractivity contribution in [3.8, 4) is 12.3 Å². The topological polar surface area (TPSA) is 83.9 Å². The quantitative estimate of drug-likeness (QED) is 0.545. The number of carboxylic acid groups (broad SMARTS) is 1. The molecule has 1 amide bonds. The Balaban J connectivity index is 2.68. The van der Waals surface area contributed by atoms with E-state index in [4.69, 9.17) is 11.5 Å². The highest BCUT2D eigenvalue weighted by molar-refractivity contribution is 5.86. The minimum Gasteiger partial charge on any atom is -0.480 e. The van der Waals surface area contributed by atoms with Gasteiger partial charge in [-0.15, -0.1) is 12.3 Å². The van der Waals surface area contributed by atoms with Gasteiger partial charge in [0, 0.05) is 25.3 Å². The second-order valence-electron chi connectivity index (χ2n) is 4.08. The molecular weight excluding hydrogens is 238 g/mol. The largest absolute Gasteiger partial charge is 0.480 e. The molecule has 1 heterocycles. The Morgan fingerprint density at radius 1 is 1.67 bits per heavy atom. The fourth-order valence-electron chi connectivity index (χ4n) is 1.91. The summed E-state index contributed by atoms with van der Waals surface area (Å²) < 4.78 is 4.44. The number of hydrogen-bond donors (Lipinski definition) is 1. The number of carbonyl (C=O) groups is 3. The molecule has 0 radical (unpaired) electrons. The Labute approximate surface area is 105 Å². The highest BCUT2D eigenvalue weighted by Crippen LogP contribution is 2.21. The molecule has 0 saturated carbocycles. The maximum Gasteiger partial charge on any atom is 0.326 e. The zero-order valence-electron chi connectivity index (χ0n) is 10.1. The molecule has 1 aliphatic rings. The van der Waals surface area contributed by atoms with Gasteiger partial charge < -0.3 is 14.7 Å². The third-order valence-corrected chi connectivity index (χ3v) is 2.91. The van der Waals surface area contributed by atoms with Crippen LogP contribution in [-0.4, -0.2) is 47.5 Å². The van der Waals surface area contributed by atoms with Crippen molar-refractivity contribution < 1.29 is 24.2 Å². The Morgan fingerprint density at radius 2 is 2.33 bits per heavy atom. The average molecular weight is 253 g/mol. The summed E-state index contributed by atoms with van der Waals surface area (Å²) in [4.78, 5) is 35.0. The van der Waals surface area contributed by atoms with Crippen molar-refractivity contribution in [2.24, 2.45) is 5.92 Å². The van der Waals surface area contributed by atoms with Gasteiger partial charge in [0.2, 0.25) is 5.91 Å². The molecule has 6 heteroatoms. The van der Waals surface area contributed by atoms with Crippen LogP contribution in [-0.2, 0) is 19.1 Å². The smallest absolute Gasteiger partial charge is 0.326 e. The molecule has 1 unspecified atom stereocenters. The van der Waals surface area contributed by atoms with Gasteiger partial charge >= 0.3 is 11.9 Å². The summed E-state index contributed by atoms with van der Waals surface area (Å²) in [6.07, 6.45) is 5.38. The fraction of sp³-hybridized carbons (Fsp3) is 0.583. The van der Waals surface area contributed by atoms with E-state index in [2.05, 4.69) is 10.7 Å². The van der Waals surface area contributed by atoms with Crippen LogP contribution in [0, 0.1) is 18.3 Å². The summed E-state index contributed by atoms with van der Waals surface area (Å²) in [5, 5.41) is 9.10. The first-order valence-corrected chi connectivity index (χ1v) is 5.54. The highest BCUT2D eigenvalue weighted by Gasteiger charge is 2.37. The van der Waals surface area contributed by atoms with Gasteiger partial charge in [0.15, 0.2) is 0 Å². The minimum atomic E-state index is -1.13. The van der Waals surface area contributed by atoms with E-state index in [0.717, 1.165) is 0 Å². The molecule has 98 valence electrons. The van der Waals surface area contributed by atoms with Crippen molar-refractivity contribution in [1.29, 1.82) is 0 Å². The Bertz CT molecular complexity index is 398. The molecule has 6 nitrogen and oxygen atoms in total. The van der Waals surface area contributed by atoms with Gasteiger partial charge in [-0.05, 0) is 6.42 Å². The lowest BCUT2D eigenvalue weighted by atomic mass is 10.1. The summed E-state index contributed by atoms with van der Waals surface area (Å²) in [6, 6.07) is -1.02. The number of carbonyl (C=O) groups excluding carboxylic acids is 2. The Kier molecular flexibility index (Phi) is 4.72. The zero-order valence-corrected chi connectivity index (χ0v) is 10.1. The van der Waals surface area contributed by atoms with Crippen molar-refractivity contribution >= 4 is 17.8 Å². The molecule has 18 heavy (non-hydrogen) atoms. The van der Waals surface area contributed by atoms with Crippen LogP contribution >= 0.6 is 0 Å². The number of esters is 1. The molecule has 0 spiro atoms. The summed E-state index contributed by atoms with van der Waals surface area (Å²) >= 11 is 0. The van der Waals surface area contributed by atoms with Crippen LogP contribution in [0.1, 0.15) is 19.3 Å². The molecular formula is C12H15NO5. The maximum atomic E-state index is 11.7. The van der Waals surface area contributed by atoms with E-state index in [-0.39, 0.29) is 37.6 Å². The van der Waals surface area contributed by atoms with Crippen LogP contribution in [0.4, 0.5) is 0 Å². The van der Waals surface area contributed by atoms with Crippen molar-refractivity contribution in [1.82, 2.24) is 4.90 Å². The highest BCUT2D eigenvalue weighted by atomic mass is 16.5. The molecule has 1 saturated heterocycles. The number of aliphatic carboxylic acids is 1. The molecule has 0 bridgehead atoms. The normalized spacial score (nSPS) is 20.3. The van der Waals surface area contributed by atoms with Crippen LogP contribution in [0.3, 0.4) is 0 Å². The predicted octanol–water partition coefficient (Wildman–Crippen LogP) is -0.126. The number of rotatable bonds is 5. The Morgan fingerprint density at radius 3 is 2.78 bits per heavy atom. The fourth-order valence-corrected chi connectivity index (χ4v) is 1.91. The first-order chi connectivity index (χ1) is 8.49. The Hall–Kier alpha value is -2.03. The third kappa shape index (κ3) is 3.23.